The van der Waals surface area contributed by atoms with E-state index >= 15 is 0 Å². The van der Waals surface area contributed by atoms with Crippen molar-refractivity contribution in [2.75, 3.05) is 0 Å². The Balaban J connectivity index is 3.79. The van der Waals surface area contributed by atoms with Crippen LogP contribution in [-0.4, -0.2) is 23.1 Å². The third-order valence-electron chi connectivity index (χ3n) is 3.95. The molecule has 0 atom stereocenters. The summed E-state index contributed by atoms with van der Waals surface area (Å²) in [5, 5.41) is 0. The van der Waals surface area contributed by atoms with Gasteiger partial charge in [-0.15, -0.1) is 0 Å². The molecular formula is C21H40O4. The highest BCUT2D eigenvalue weighted by Crippen LogP contribution is 2.21. The molecule has 0 saturated heterocycles. The first-order valence-electron chi connectivity index (χ1n) is 9.99. The van der Waals surface area contributed by atoms with E-state index in [1.807, 2.05) is 34.6 Å². The van der Waals surface area contributed by atoms with Crippen molar-refractivity contribution >= 4 is 11.9 Å². The minimum atomic E-state index is -0.424. The van der Waals surface area contributed by atoms with Crippen LogP contribution < -0.4 is 0 Å². The monoisotopic (exact) mass is 356 g/mol. The Labute approximate surface area is 155 Å². The Bertz CT molecular complexity index is 380. The van der Waals surface area contributed by atoms with Gasteiger partial charge in [0.2, 0.25) is 0 Å². The summed E-state index contributed by atoms with van der Waals surface area (Å²) in [6.07, 6.45) is 10.2. The van der Waals surface area contributed by atoms with Crippen LogP contribution >= 0.6 is 0 Å². The number of ether oxygens (including phenoxy) is 2. The lowest BCUT2D eigenvalue weighted by molar-refractivity contribution is -0.157. The fourth-order valence-electron chi connectivity index (χ4n) is 2.67. The van der Waals surface area contributed by atoms with Crippen LogP contribution in [0.25, 0.3) is 0 Å². The minimum Gasteiger partial charge on any atom is -0.460 e. The Kier molecular flexibility index (Phi) is 11.8. The smallest absolute Gasteiger partial charge is 0.306 e. The van der Waals surface area contributed by atoms with E-state index in [-0.39, 0.29) is 11.9 Å². The number of unbranched alkanes of at least 4 members (excludes halogenated alkanes) is 6. The zero-order valence-electron chi connectivity index (χ0n) is 17.4. The lowest BCUT2D eigenvalue weighted by Gasteiger charge is -2.25. The summed E-state index contributed by atoms with van der Waals surface area (Å²) in [7, 11) is 0. The Morgan fingerprint density at radius 1 is 0.680 bits per heavy atom. The van der Waals surface area contributed by atoms with Crippen LogP contribution in [0.1, 0.15) is 112 Å². The van der Waals surface area contributed by atoms with Crippen molar-refractivity contribution in [2.45, 2.75) is 123 Å². The van der Waals surface area contributed by atoms with Crippen molar-refractivity contribution in [3.05, 3.63) is 0 Å². The molecule has 0 aliphatic heterocycles. The first kappa shape index (κ1) is 23.9. The molecule has 0 aliphatic rings. The van der Waals surface area contributed by atoms with Gasteiger partial charge in [-0.3, -0.25) is 9.59 Å². The molecule has 0 aromatic carbocycles. The van der Waals surface area contributed by atoms with E-state index in [0.29, 0.717) is 12.8 Å². The molecule has 0 fully saturated rings. The topological polar surface area (TPSA) is 52.6 Å². The number of esters is 2. The molecule has 0 aromatic rings. The zero-order valence-corrected chi connectivity index (χ0v) is 17.4. The van der Waals surface area contributed by atoms with E-state index in [4.69, 9.17) is 9.47 Å². The lowest BCUT2D eigenvalue weighted by Crippen LogP contribution is -2.28. The molecule has 0 spiro atoms. The van der Waals surface area contributed by atoms with E-state index in [2.05, 4.69) is 6.92 Å². The average Bonchev–Trinajstić information content (AvgIpc) is 2.44. The maximum absolute atomic E-state index is 11.9. The highest BCUT2D eigenvalue weighted by Gasteiger charge is 2.22. The van der Waals surface area contributed by atoms with Crippen LogP contribution in [0.4, 0.5) is 0 Å². The van der Waals surface area contributed by atoms with Gasteiger partial charge in [0, 0.05) is 12.8 Å². The summed E-state index contributed by atoms with van der Waals surface area (Å²) in [6.45, 7) is 11.8. The highest BCUT2D eigenvalue weighted by atomic mass is 16.6. The summed E-state index contributed by atoms with van der Waals surface area (Å²) in [4.78, 5) is 23.6. The molecule has 148 valence electrons. The molecule has 0 heterocycles. The van der Waals surface area contributed by atoms with Gasteiger partial charge in [-0.25, -0.2) is 0 Å². The zero-order chi connectivity index (χ0) is 19.3. The molecule has 0 amide bonds. The van der Waals surface area contributed by atoms with Crippen molar-refractivity contribution in [2.24, 2.45) is 0 Å². The Morgan fingerprint density at radius 3 is 1.68 bits per heavy atom. The lowest BCUT2D eigenvalue weighted by atomic mass is 9.99. The fourth-order valence-corrected chi connectivity index (χ4v) is 2.67. The average molecular weight is 357 g/mol. The second-order valence-corrected chi connectivity index (χ2v) is 8.55. The third kappa shape index (κ3) is 16.2. The SMILES string of the molecule is CCCCCCCC(=O)OC(C)(C)CCCCCC(=O)OC(C)(C)C. The maximum atomic E-state index is 11.9. The van der Waals surface area contributed by atoms with Crippen molar-refractivity contribution in [1.82, 2.24) is 0 Å². The maximum Gasteiger partial charge on any atom is 0.306 e. The summed E-state index contributed by atoms with van der Waals surface area (Å²) < 4.78 is 10.9. The number of rotatable bonds is 13. The normalized spacial score (nSPS) is 12.1. The number of carbonyl (C=O) groups excluding carboxylic acids is 2. The van der Waals surface area contributed by atoms with Crippen molar-refractivity contribution < 1.29 is 19.1 Å². The van der Waals surface area contributed by atoms with Crippen molar-refractivity contribution in [1.29, 1.82) is 0 Å². The largest absolute Gasteiger partial charge is 0.460 e. The van der Waals surface area contributed by atoms with Crippen LogP contribution in [0.3, 0.4) is 0 Å². The van der Waals surface area contributed by atoms with Crippen LogP contribution in [0, 0.1) is 0 Å². The van der Waals surface area contributed by atoms with Crippen molar-refractivity contribution in [3.63, 3.8) is 0 Å². The molecule has 0 aliphatic carbocycles. The molecule has 0 N–H and O–H groups in total. The fraction of sp³-hybridized carbons (Fsp3) is 0.905. The van der Waals surface area contributed by atoms with E-state index in [0.717, 1.165) is 38.5 Å². The molecule has 0 unspecified atom stereocenters. The second kappa shape index (κ2) is 12.3. The first-order chi connectivity index (χ1) is 11.6. The van der Waals surface area contributed by atoms with Crippen molar-refractivity contribution in [3.8, 4) is 0 Å². The summed E-state index contributed by atoms with van der Waals surface area (Å²) in [6, 6.07) is 0. The molecular weight excluding hydrogens is 316 g/mol. The predicted molar refractivity (Wildman–Crippen MR) is 102 cm³/mol. The van der Waals surface area contributed by atoms with Gasteiger partial charge in [0.15, 0.2) is 0 Å². The Hall–Kier alpha value is -1.06. The van der Waals surface area contributed by atoms with Crippen LogP contribution in [0.15, 0.2) is 0 Å². The molecule has 0 bridgehead atoms. The summed E-state index contributed by atoms with van der Waals surface area (Å²) in [5.41, 5.74) is -0.837. The van der Waals surface area contributed by atoms with Gasteiger partial charge >= 0.3 is 11.9 Å². The minimum absolute atomic E-state index is 0.0877. The standard InChI is InChI=1S/C21H40O4/c1-7-8-9-10-12-16-19(23)25-21(5,6)17-14-11-13-15-18(22)24-20(2,3)4/h7-17H2,1-6H3. The van der Waals surface area contributed by atoms with E-state index in [1.165, 1.54) is 19.3 Å². The van der Waals surface area contributed by atoms with Gasteiger partial charge in [0.05, 0.1) is 0 Å². The predicted octanol–water partition coefficient (Wildman–Crippen LogP) is 5.96. The van der Waals surface area contributed by atoms with Crippen LogP contribution in [-0.2, 0) is 19.1 Å². The van der Waals surface area contributed by atoms with Gasteiger partial charge in [-0.1, -0.05) is 39.0 Å². The molecule has 0 aromatic heterocycles. The molecule has 4 nitrogen and oxygen atoms in total. The van der Waals surface area contributed by atoms with Gasteiger partial charge in [-0.2, -0.15) is 0 Å². The van der Waals surface area contributed by atoms with E-state index in [9.17, 15) is 9.59 Å². The quantitative estimate of drug-likeness (QED) is 0.302. The van der Waals surface area contributed by atoms with E-state index in [1.54, 1.807) is 0 Å². The van der Waals surface area contributed by atoms with Crippen LogP contribution in [0.2, 0.25) is 0 Å². The first-order valence-corrected chi connectivity index (χ1v) is 9.99. The van der Waals surface area contributed by atoms with Crippen LogP contribution in [0.5, 0.6) is 0 Å². The molecule has 25 heavy (non-hydrogen) atoms. The Morgan fingerprint density at radius 2 is 1.16 bits per heavy atom. The number of carbonyl (C=O) groups is 2. The molecule has 0 saturated carbocycles. The third-order valence-corrected chi connectivity index (χ3v) is 3.95. The molecule has 0 radical (unpaired) electrons. The van der Waals surface area contributed by atoms with Gasteiger partial charge in [0.1, 0.15) is 11.2 Å². The van der Waals surface area contributed by atoms with Gasteiger partial charge in [-0.05, 0) is 60.3 Å². The second-order valence-electron chi connectivity index (χ2n) is 8.55. The number of hydrogen-bond donors (Lipinski definition) is 0. The summed E-state index contributed by atoms with van der Waals surface area (Å²) in [5.74, 6) is -0.225. The van der Waals surface area contributed by atoms with Gasteiger partial charge < -0.3 is 9.47 Å². The number of hydrogen-bond acceptors (Lipinski definition) is 4. The highest BCUT2D eigenvalue weighted by molar-refractivity contribution is 5.70. The van der Waals surface area contributed by atoms with E-state index < -0.39 is 11.2 Å². The molecule has 4 heteroatoms. The summed E-state index contributed by atoms with van der Waals surface area (Å²) >= 11 is 0. The van der Waals surface area contributed by atoms with Gasteiger partial charge in [0.25, 0.3) is 0 Å². The molecule has 0 rings (SSSR count).